The molecular formula is C17H14BrN3O. The lowest BCUT2D eigenvalue weighted by atomic mass is 10.1. The van der Waals surface area contributed by atoms with Crippen molar-refractivity contribution in [3.63, 3.8) is 0 Å². The van der Waals surface area contributed by atoms with Crippen molar-refractivity contribution < 1.29 is 0 Å². The largest absolute Gasteiger partial charge is 0.325 e. The van der Waals surface area contributed by atoms with E-state index in [-0.39, 0.29) is 5.56 Å². The number of benzene rings is 2. The van der Waals surface area contributed by atoms with Gasteiger partial charge in [0.2, 0.25) is 5.95 Å². The molecule has 3 aromatic rings. The van der Waals surface area contributed by atoms with Gasteiger partial charge >= 0.3 is 0 Å². The van der Waals surface area contributed by atoms with Crippen LogP contribution in [-0.2, 0) is 0 Å². The molecule has 5 heteroatoms. The van der Waals surface area contributed by atoms with Gasteiger partial charge in [-0.3, -0.25) is 9.78 Å². The first-order valence-electron chi connectivity index (χ1n) is 6.82. The maximum atomic E-state index is 11.9. The number of aromatic nitrogens is 2. The molecule has 3 rings (SSSR count). The normalized spacial score (nSPS) is 10.5. The predicted octanol–water partition coefficient (Wildman–Crippen LogP) is 4.25. The molecule has 0 saturated heterocycles. The summed E-state index contributed by atoms with van der Waals surface area (Å²) in [5.41, 5.74) is 3.36. The summed E-state index contributed by atoms with van der Waals surface area (Å²) in [6.07, 6.45) is 0. The number of nitrogens with zero attached hydrogens (tertiary/aromatic N) is 1. The first-order chi connectivity index (χ1) is 10.6. The topological polar surface area (TPSA) is 57.8 Å². The molecule has 0 amide bonds. The van der Waals surface area contributed by atoms with Crippen molar-refractivity contribution in [2.24, 2.45) is 0 Å². The highest BCUT2D eigenvalue weighted by atomic mass is 79.9. The summed E-state index contributed by atoms with van der Waals surface area (Å²) < 4.78 is 0.901. The maximum absolute atomic E-state index is 11.9. The minimum absolute atomic E-state index is 0.194. The highest BCUT2D eigenvalue weighted by Gasteiger charge is 2.06. The van der Waals surface area contributed by atoms with Crippen LogP contribution in [0.15, 0.2) is 63.9 Å². The Morgan fingerprint density at radius 2 is 1.82 bits per heavy atom. The SMILES string of the molecule is Cc1ccc(-c2cc(=O)[nH]c(Nc3ccccc3Br)n2)cc1. The van der Waals surface area contributed by atoms with Crippen LogP contribution >= 0.6 is 15.9 Å². The number of para-hydroxylation sites is 1. The van der Waals surface area contributed by atoms with Gasteiger partial charge in [0.25, 0.3) is 5.56 Å². The molecule has 0 fully saturated rings. The van der Waals surface area contributed by atoms with E-state index in [1.54, 1.807) is 0 Å². The Morgan fingerprint density at radius 3 is 2.55 bits per heavy atom. The third-order valence-corrected chi connectivity index (χ3v) is 3.91. The van der Waals surface area contributed by atoms with E-state index in [0.29, 0.717) is 11.6 Å². The smallest absolute Gasteiger partial charge is 0.252 e. The van der Waals surface area contributed by atoms with Crippen molar-refractivity contribution in [3.05, 3.63) is 75.0 Å². The Morgan fingerprint density at radius 1 is 1.09 bits per heavy atom. The van der Waals surface area contributed by atoms with Gasteiger partial charge in [0, 0.05) is 16.1 Å². The van der Waals surface area contributed by atoms with Crippen LogP contribution in [0.2, 0.25) is 0 Å². The van der Waals surface area contributed by atoms with Crippen LogP contribution in [0, 0.1) is 6.92 Å². The van der Waals surface area contributed by atoms with Gasteiger partial charge in [0.1, 0.15) is 0 Å². The predicted molar refractivity (Wildman–Crippen MR) is 92.5 cm³/mol. The van der Waals surface area contributed by atoms with Crippen LogP contribution in [0.4, 0.5) is 11.6 Å². The Kier molecular flexibility index (Phi) is 4.06. The molecule has 0 aliphatic rings. The van der Waals surface area contributed by atoms with Gasteiger partial charge in [0.15, 0.2) is 0 Å². The number of aromatic amines is 1. The van der Waals surface area contributed by atoms with E-state index in [2.05, 4.69) is 31.2 Å². The van der Waals surface area contributed by atoms with Gasteiger partial charge in [0.05, 0.1) is 11.4 Å². The number of rotatable bonds is 3. The van der Waals surface area contributed by atoms with Gasteiger partial charge in [-0.1, -0.05) is 42.0 Å². The lowest BCUT2D eigenvalue weighted by Crippen LogP contribution is -2.10. The van der Waals surface area contributed by atoms with Crippen molar-refractivity contribution in [3.8, 4) is 11.3 Å². The number of H-pyrrole nitrogens is 1. The average molecular weight is 356 g/mol. The lowest BCUT2D eigenvalue weighted by Gasteiger charge is -2.09. The van der Waals surface area contributed by atoms with Crippen LogP contribution < -0.4 is 10.9 Å². The number of hydrogen-bond acceptors (Lipinski definition) is 3. The second kappa shape index (κ2) is 6.15. The first-order valence-corrected chi connectivity index (χ1v) is 7.61. The molecule has 0 radical (unpaired) electrons. The van der Waals surface area contributed by atoms with Crippen molar-refractivity contribution in [1.29, 1.82) is 0 Å². The third-order valence-electron chi connectivity index (χ3n) is 3.22. The number of anilines is 2. The van der Waals surface area contributed by atoms with Crippen LogP contribution in [0.1, 0.15) is 5.56 Å². The Hall–Kier alpha value is -2.40. The molecule has 0 unspecified atom stereocenters. The molecule has 0 aliphatic heterocycles. The van der Waals surface area contributed by atoms with E-state index in [1.165, 1.54) is 11.6 Å². The Bertz CT molecular complexity index is 856. The summed E-state index contributed by atoms with van der Waals surface area (Å²) in [7, 11) is 0. The molecule has 2 N–H and O–H groups in total. The van der Waals surface area contributed by atoms with Gasteiger partial charge < -0.3 is 5.32 Å². The van der Waals surface area contributed by atoms with Gasteiger partial charge in [-0.05, 0) is 35.0 Å². The number of hydrogen-bond donors (Lipinski definition) is 2. The minimum atomic E-state index is -0.194. The van der Waals surface area contributed by atoms with E-state index in [9.17, 15) is 4.79 Å². The van der Waals surface area contributed by atoms with Gasteiger partial charge in [-0.15, -0.1) is 0 Å². The zero-order valence-corrected chi connectivity index (χ0v) is 13.5. The molecule has 1 heterocycles. The monoisotopic (exact) mass is 355 g/mol. The van der Waals surface area contributed by atoms with Crippen LogP contribution in [-0.4, -0.2) is 9.97 Å². The fraction of sp³-hybridized carbons (Fsp3) is 0.0588. The number of nitrogens with one attached hydrogen (secondary N) is 2. The zero-order valence-electron chi connectivity index (χ0n) is 11.9. The van der Waals surface area contributed by atoms with Crippen LogP contribution in [0.5, 0.6) is 0 Å². The van der Waals surface area contributed by atoms with Crippen molar-refractivity contribution in [2.75, 3.05) is 5.32 Å². The summed E-state index contributed by atoms with van der Waals surface area (Å²) in [4.78, 5) is 19.1. The van der Waals surface area contributed by atoms with Crippen molar-refractivity contribution >= 4 is 27.6 Å². The second-order valence-electron chi connectivity index (χ2n) is 4.95. The molecule has 0 aliphatic carbocycles. The molecule has 1 aromatic heterocycles. The Balaban J connectivity index is 1.98. The number of halogens is 1. The molecule has 0 atom stereocenters. The standard InChI is InChI=1S/C17H14BrN3O/c1-11-6-8-12(9-7-11)15-10-16(22)21-17(20-15)19-14-5-3-2-4-13(14)18/h2-10H,1H3,(H2,19,20,21,22). The quantitative estimate of drug-likeness (QED) is 0.738. The first kappa shape index (κ1) is 14.5. The molecular weight excluding hydrogens is 342 g/mol. The summed E-state index contributed by atoms with van der Waals surface area (Å²) in [5, 5.41) is 3.12. The second-order valence-corrected chi connectivity index (χ2v) is 5.80. The molecule has 2 aromatic carbocycles. The van der Waals surface area contributed by atoms with E-state index in [0.717, 1.165) is 15.7 Å². The summed E-state index contributed by atoms with van der Waals surface area (Å²) in [5.74, 6) is 0.412. The molecule has 0 spiro atoms. The van der Waals surface area contributed by atoms with Crippen LogP contribution in [0.3, 0.4) is 0 Å². The number of aryl methyl sites for hydroxylation is 1. The van der Waals surface area contributed by atoms with E-state index < -0.39 is 0 Å². The highest BCUT2D eigenvalue weighted by molar-refractivity contribution is 9.10. The van der Waals surface area contributed by atoms with E-state index >= 15 is 0 Å². The van der Waals surface area contributed by atoms with Crippen molar-refractivity contribution in [2.45, 2.75) is 6.92 Å². The third kappa shape index (κ3) is 3.26. The highest BCUT2D eigenvalue weighted by Crippen LogP contribution is 2.24. The maximum Gasteiger partial charge on any atom is 0.252 e. The lowest BCUT2D eigenvalue weighted by molar-refractivity contribution is 1.12. The van der Waals surface area contributed by atoms with Crippen molar-refractivity contribution in [1.82, 2.24) is 9.97 Å². The zero-order chi connectivity index (χ0) is 15.5. The van der Waals surface area contributed by atoms with E-state index in [4.69, 9.17) is 0 Å². The average Bonchev–Trinajstić information content (AvgIpc) is 2.50. The molecule has 22 heavy (non-hydrogen) atoms. The minimum Gasteiger partial charge on any atom is -0.325 e. The molecule has 110 valence electrons. The fourth-order valence-electron chi connectivity index (χ4n) is 2.08. The summed E-state index contributed by atoms with van der Waals surface area (Å²) >= 11 is 3.46. The fourth-order valence-corrected chi connectivity index (χ4v) is 2.46. The van der Waals surface area contributed by atoms with E-state index in [1.807, 2.05) is 55.5 Å². The molecule has 0 saturated carbocycles. The van der Waals surface area contributed by atoms with Crippen LogP contribution in [0.25, 0.3) is 11.3 Å². The summed E-state index contributed by atoms with van der Waals surface area (Å²) in [6, 6.07) is 17.1. The van der Waals surface area contributed by atoms with Gasteiger partial charge in [-0.25, -0.2) is 4.98 Å². The molecule has 4 nitrogen and oxygen atoms in total. The Labute approximate surface area is 136 Å². The van der Waals surface area contributed by atoms with Gasteiger partial charge in [-0.2, -0.15) is 0 Å². The molecule has 0 bridgehead atoms. The summed E-state index contributed by atoms with van der Waals surface area (Å²) in [6.45, 7) is 2.02.